The number of hydrogen-bond donors (Lipinski definition) is 0. The summed E-state index contributed by atoms with van der Waals surface area (Å²) in [7, 11) is 0. The molecule has 1 saturated heterocycles. The highest BCUT2D eigenvalue weighted by Gasteiger charge is 2.21. The van der Waals surface area contributed by atoms with Gasteiger partial charge in [0.25, 0.3) is 0 Å². The molecule has 5 nitrogen and oxygen atoms in total. The Bertz CT molecular complexity index is 603. The van der Waals surface area contributed by atoms with Crippen molar-refractivity contribution in [3.63, 3.8) is 0 Å². The summed E-state index contributed by atoms with van der Waals surface area (Å²) >= 11 is 5.89. The number of ether oxygens (including phenoxy) is 1. The van der Waals surface area contributed by atoms with Crippen molar-refractivity contribution in [3.8, 4) is 6.01 Å². The van der Waals surface area contributed by atoms with Gasteiger partial charge in [0.15, 0.2) is 0 Å². The van der Waals surface area contributed by atoms with Gasteiger partial charge in [-0.05, 0) is 37.5 Å². The van der Waals surface area contributed by atoms with E-state index in [1.807, 2.05) is 19.1 Å². The molecule has 0 radical (unpaired) electrons. The number of pyridine rings is 1. The van der Waals surface area contributed by atoms with Crippen molar-refractivity contribution < 1.29 is 4.74 Å². The Kier molecular flexibility index (Phi) is 4.73. The Labute approximate surface area is 135 Å². The van der Waals surface area contributed by atoms with E-state index in [-0.39, 0.29) is 0 Å². The fourth-order valence-electron chi connectivity index (χ4n) is 2.61. The molecule has 0 N–H and O–H groups in total. The van der Waals surface area contributed by atoms with Crippen LogP contribution in [0.2, 0.25) is 5.02 Å². The van der Waals surface area contributed by atoms with Gasteiger partial charge in [-0.25, -0.2) is 15.0 Å². The second kappa shape index (κ2) is 6.92. The van der Waals surface area contributed by atoms with E-state index in [4.69, 9.17) is 16.3 Å². The zero-order valence-corrected chi connectivity index (χ0v) is 13.3. The van der Waals surface area contributed by atoms with E-state index in [0.717, 1.165) is 37.3 Å². The SMILES string of the molecule is Cc1cnc(OCC2CCCN(c3ccc(Cl)cn3)C2)nc1. The van der Waals surface area contributed by atoms with Crippen molar-refractivity contribution in [2.24, 2.45) is 5.92 Å². The molecular formula is C16H19ClN4O. The lowest BCUT2D eigenvalue weighted by molar-refractivity contribution is 0.213. The molecule has 22 heavy (non-hydrogen) atoms. The van der Waals surface area contributed by atoms with Crippen molar-refractivity contribution in [3.05, 3.63) is 41.3 Å². The summed E-state index contributed by atoms with van der Waals surface area (Å²) in [5.74, 6) is 1.43. The van der Waals surface area contributed by atoms with Gasteiger partial charge in [-0.3, -0.25) is 0 Å². The molecule has 1 atom stereocenters. The van der Waals surface area contributed by atoms with Gasteiger partial charge in [0.05, 0.1) is 11.6 Å². The number of aryl methyl sites for hydroxylation is 1. The monoisotopic (exact) mass is 318 g/mol. The summed E-state index contributed by atoms with van der Waals surface area (Å²) < 4.78 is 5.71. The van der Waals surface area contributed by atoms with Crippen molar-refractivity contribution in [2.75, 3.05) is 24.6 Å². The number of rotatable bonds is 4. The lowest BCUT2D eigenvalue weighted by atomic mass is 9.99. The second-order valence-corrected chi connectivity index (χ2v) is 6.08. The van der Waals surface area contributed by atoms with Gasteiger partial charge in [-0.15, -0.1) is 0 Å². The Balaban J connectivity index is 1.56. The maximum Gasteiger partial charge on any atom is 0.316 e. The molecule has 1 unspecified atom stereocenters. The third-order valence-corrected chi connectivity index (χ3v) is 3.98. The average molecular weight is 319 g/mol. The van der Waals surface area contributed by atoms with Crippen LogP contribution in [0.4, 0.5) is 5.82 Å². The molecular weight excluding hydrogens is 300 g/mol. The van der Waals surface area contributed by atoms with Crippen LogP contribution in [-0.2, 0) is 0 Å². The minimum absolute atomic E-state index is 0.451. The first-order chi connectivity index (χ1) is 10.7. The van der Waals surface area contributed by atoms with E-state index in [9.17, 15) is 0 Å². The van der Waals surface area contributed by atoms with Crippen LogP contribution in [0.5, 0.6) is 6.01 Å². The summed E-state index contributed by atoms with van der Waals surface area (Å²) in [6, 6.07) is 4.30. The molecule has 3 heterocycles. The van der Waals surface area contributed by atoms with E-state index in [2.05, 4.69) is 19.9 Å². The van der Waals surface area contributed by atoms with Gasteiger partial charge in [0, 0.05) is 37.6 Å². The van der Waals surface area contributed by atoms with Crippen molar-refractivity contribution in [2.45, 2.75) is 19.8 Å². The van der Waals surface area contributed by atoms with Crippen LogP contribution in [0.3, 0.4) is 0 Å². The van der Waals surface area contributed by atoms with Gasteiger partial charge >= 0.3 is 6.01 Å². The highest BCUT2D eigenvalue weighted by Crippen LogP contribution is 2.23. The van der Waals surface area contributed by atoms with Crippen LogP contribution in [0.1, 0.15) is 18.4 Å². The molecule has 0 amide bonds. The molecule has 1 fully saturated rings. The highest BCUT2D eigenvalue weighted by atomic mass is 35.5. The Hall–Kier alpha value is -1.88. The predicted molar refractivity (Wildman–Crippen MR) is 86.4 cm³/mol. The average Bonchev–Trinajstić information content (AvgIpc) is 2.55. The third kappa shape index (κ3) is 3.85. The van der Waals surface area contributed by atoms with E-state index in [0.29, 0.717) is 23.6 Å². The van der Waals surface area contributed by atoms with Crippen LogP contribution in [-0.4, -0.2) is 34.6 Å². The molecule has 0 saturated carbocycles. The Morgan fingerprint density at radius 3 is 2.77 bits per heavy atom. The van der Waals surface area contributed by atoms with Gasteiger partial charge in [-0.2, -0.15) is 0 Å². The first-order valence-corrected chi connectivity index (χ1v) is 7.86. The standard InChI is InChI=1S/C16H19ClN4O/c1-12-7-19-16(20-8-12)22-11-13-3-2-6-21(10-13)15-5-4-14(17)9-18-15/h4-5,7-9,13H,2-3,6,10-11H2,1H3. The topological polar surface area (TPSA) is 51.1 Å². The molecule has 3 rings (SSSR count). The van der Waals surface area contributed by atoms with Gasteiger partial charge in [0.1, 0.15) is 5.82 Å². The quantitative estimate of drug-likeness (QED) is 0.867. The maximum atomic E-state index is 5.89. The van der Waals surface area contributed by atoms with Crippen molar-refractivity contribution >= 4 is 17.4 Å². The molecule has 0 bridgehead atoms. The predicted octanol–water partition coefficient (Wildman–Crippen LogP) is 3.13. The fourth-order valence-corrected chi connectivity index (χ4v) is 2.72. The number of hydrogen-bond acceptors (Lipinski definition) is 5. The smallest absolute Gasteiger partial charge is 0.316 e. The first-order valence-electron chi connectivity index (χ1n) is 7.48. The minimum atomic E-state index is 0.451. The zero-order chi connectivity index (χ0) is 15.4. The van der Waals surface area contributed by atoms with Gasteiger partial charge in [0.2, 0.25) is 0 Å². The zero-order valence-electron chi connectivity index (χ0n) is 12.6. The number of anilines is 1. The number of aromatic nitrogens is 3. The molecule has 0 spiro atoms. The van der Waals surface area contributed by atoms with Crippen LogP contribution in [0.25, 0.3) is 0 Å². The molecule has 6 heteroatoms. The normalized spacial score (nSPS) is 18.3. The van der Waals surface area contributed by atoms with E-state index in [1.54, 1.807) is 18.6 Å². The number of halogens is 1. The third-order valence-electron chi connectivity index (χ3n) is 3.76. The molecule has 0 aliphatic carbocycles. The summed E-state index contributed by atoms with van der Waals surface area (Å²) in [6.45, 7) is 4.54. The second-order valence-electron chi connectivity index (χ2n) is 5.64. The van der Waals surface area contributed by atoms with Crippen LogP contribution < -0.4 is 9.64 Å². The molecule has 2 aromatic rings. The Morgan fingerprint density at radius 2 is 2.05 bits per heavy atom. The van der Waals surface area contributed by atoms with Crippen LogP contribution in [0, 0.1) is 12.8 Å². The fraction of sp³-hybridized carbons (Fsp3) is 0.438. The Morgan fingerprint density at radius 1 is 1.23 bits per heavy atom. The van der Waals surface area contributed by atoms with Gasteiger partial charge in [-0.1, -0.05) is 11.6 Å². The van der Waals surface area contributed by atoms with Crippen LogP contribution in [0.15, 0.2) is 30.7 Å². The highest BCUT2D eigenvalue weighted by molar-refractivity contribution is 6.30. The molecule has 1 aliphatic heterocycles. The van der Waals surface area contributed by atoms with E-state index < -0.39 is 0 Å². The number of nitrogens with zero attached hydrogens (tertiary/aromatic N) is 4. The summed E-state index contributed by atoms with van der Waals surface area (Å²) in [6.07, 6.45) is 7.51. The minimum Gasteiger partial charge on any atom is -0.463 e. The van der Waals surface area contributed by atoms with Crippen LogP contribution >= 0.6 is 11.6 Å². The van der Waals surface area contributed by atoms with Gasteiger partial charge < -0.3 is 9.64 Å². The van der Waals surface area contributed by atoms with E-state index in [1.165, 1.54) is 0 Å². The molecule has 1 aliphatic rings. The molecule has 0 aromatic carbocycles. The summed E-state index contributed by atoms with van der Waals surface area (Å²) in [5.41, 5.74) is 1.03. The first kappa shape index (κ1) is 15.0. The van der Waals surface area contributed by atoms with E-state index >= 15 is 0 Å². The lowest BCUT2D eigenvalue weighted by Crippen LogP contribution is -2.38. The molecule has 116 valence electrons. The number of piperidine rings is 1. The van der Waals surface area contributed by atoms with Crippen molar-refractivity contribution in [1.29, 1.82) is 0 Å². The molecule has 2 aromatic heterocycles. The largest absolute Gasteiger partial charge is 0.463 e. The summed E-state index contributed by atoms with van der Waals surface area (Å²) in [5, 5.41) is 0.664. The lowest BCUT2D eigenvalue weighted by Gasteiger charge is -2.33. The maximum absolute atomic E-state index is 5.89. The summed E-state index contributed by atoms with van der Waals surface area (Å²) in [4.78, 5) is 15.0. The van der Waals surface area contributed by atoms with Crippen molar-refractivity contribution in [1.82, 2.24) is 15.0 Å².